The number of carbonyl (C=O) groups is 1. The highest BCUT2D eigenvalue weighted by Crippen LogP contribution is 2.06. The summed E-state index contributed by atoms with van der Waals surface area (Å²) in [5.41, 5.74) is 0. The van der Waals surface area contributed by atoms with Crippen molar-refractivity contribution in [1.82, 2.24) is 9.97 Å². The maximum atomic E-state index is 11.1. The predicted octanol–water partition coefficient (Wildman–Crippen LogP) is 1.85. The molecular weight excluding hydrogens is 257 g/mol. The number of rotatable bonds is 3. The zero-order valence-electron chi connectivity index (χ0n) is 6.63. The van der Waals surface area contributed by atoms with Crippen LogP contribution in [-0.2, 0) is 4.79 Å². The number of carbonyl (C=O) groups excluding carboxylic acids is 1. The van der Waals surface area contributed by atoms with Gasteiger partial charge in [0.25, 0.3) is 0 Å². The Kier molecular flexibility index (Phi) is 4.11. The number of alkyl halides is 1. The molecule has 6 heteroatoms. The van der Waals surface area contributed by atoms with Crippen LogP contribution in [0.1, 0.15) is 6.42 Å². The highest BCUT2D eigenvalue weighted by molar-refractivity contribution is 9.09. The van der Waals surface area contributed by atoms with E-state index in [0.29, 0.717) is 17.6 Å². The van der Waals surface area contributed by atoms with Crippen LogP contribution in [0.5, 0.6) is 0 Å². The molecule has 4 nitrogen and oxygen atoms in total. The van der Waals surface area contributed by atoms with Gasteiger partial charge in [0.05, 0.1) is 12.4 Å². The van der Waals surface area contributed by atoms with Gasteiger partial charge < -0.3 is 5.32 Å². The highest BCUT2D eigenvalue weighted by atomic mass is 79.9. The fraction of sp³-hybridized carbons (Fsp3) is 0.286. The quantitative estimate of drug-likeness (QED) is 0.848. The van der Waals surface area contributed by atoms with Gasteiger partial charge in [-0.15, -0.1) is 0 Å². The molecule has 0 spiro atoms. The Morgan fingerprint density at radius 2 is 2.38 bits per heavy atom. The molecule has 1 N–H and O–H groups in total. The number of hydrogen-bond acceptors (Lipinski definition) is 3. The van der Waals surface area contributed by atoms with E-state index in [9.17, 15) is 4.79 Å². The van der Waals surface area contributed by atoms with E-state index in [0.717, 1.165) is 0 Å². The molecule has 0 fully saturated rings. The minimum atomic E-state index is -0.117. The lowest BCUT2D eigenvalue weighted by atomic mass is 10.4. The molecule has 0 aliphatic heterocycles. The van der Waals surface area contributed by atoms with E-state index in [4.69, 9.17) is 11.6 Å². The van der Waals surface area contributed by atoms with Crippen LogP contribution in [0.3, 0.4) is 0 Å². The van der Waals surface area contributed by atoms with Gasteiger partial charge in [-0.3, -0.25) is 9.78 Å². The second-order valence-electron chi connectivity index (χ2n) is 2.21. The van der Waals surface area contributed by atoms with Crippen molar-refractivity contribution in [2.45, 2.75) is 6.42 Å². The molecule has 0 unspecified atom stereocenters. The van der Waals surface area contributed by atoms with E-state index in [-0.39, 0.29) is 11.1 Å². The maximum absolute atomic E-state index is 11.1. The number of nitrogens with zero attached hydrogens (tertiary/aromatic N) is 2. The Balaban J connectivity index is 2.58. The average molecular weight is 265 g/mol. The summed E-state index contributed by atoms with van der Waals surface area (Å²) in [6.07, 6.45) is 3.24. The Labute approximate surface area is 88.8 Å². The maximum Gasteiger partial charge on any atom is 0.226 e. The number of hydrogen-bond donors (Lipinski definition) is 1. The first kappa shape index (κ1) is 10.4. The lowest BCUT2D eigenvalue weighted by Gasteiger charge is -2.01. The molecule has 1 heterocycles. The van der Waals surface area contributed by atoms with E-state index in [2.05, 4.69) is 31.2 Å². The van der Waals surface area contributed by atoms with E-state index in [1.807, 2.05) is 0 Å². The number of amides is 1. The smallest absolute Gasteiger partial charge is 0.226 e. The molecule has 0 saturated heterocycles. The van der Waals surface area contributed by atoms with E-state index < -0.39 is 0 Å². The molecule has 0 aliphatic carbocycles. The normalized spacial score (nSPS) is 9.69. The van der Waals surface area contributed by atoms with Gasteiger partial charge in [0.2, 0.25) is 5.91 Å². The van der Waals surface area contributed by atoms with E-state index in [1.165, 1.54) is 12.4 Å². The molecule has 13 heavy (non-hydrogen) atoms. The van der Waals surface area contributed by atoms with Gasteiger partial charge in [0.1, 0.15) is 5.15 Å². The summed E-state index contributed by atoms with van der Waals surface area (Å²) in [5, 5.41) is 3.44. The third kappa shape index (κ3) is 3.69. The first-order valence-corrected chi connectivity index (χ1v) is 5.05. The van der Waals surface area contributed by atoms with Crippen LogP contribution >= 0.6 is 27.5 Å². The van der Waals surface area contributed by atoms with Crippen LogP contribution in [0.4, 0.5) is 5.82 Å². The number of aromatic nitrogens is 2. The van der Waals surface area contributed by atoms with Crippen molar-refractivity contribution in [3.8, 4) is 0 Å². The van der Waals surface area contributed by atoms with Crippen LogP contribution in [0.25, 0.3) is 0 Å². The van der Waals surface area contributed by atoms with Gasteiger partial charge >= 0.3 is 0 Å². The topological polar surface area (TPSA) is 54.9 Å². The van der Waals surface area contributed by atoms with Crippen molar-refractivity contribution in [2.75, 3.05) is 10.6 Å². The van der Waals surface area contributed by atoms with Crippen molar-refractivity contribution in [1.29, 1.82) is 0 Å². The second kappa shape index (κ2) is 5.14. The Morgan fingerprint density at radius 3 is 3.00 bits per heavy atom. The van der Waals surface area contributed by atoms with Crippen molar-refractivity contribution in [3.05, 3.63) is 17.5 Å². The van der Waals surface area contributed by atoms with Crippen LogP contribution < -0.4 is 5.32 Å². The first-order chi connectivity index (χ1) is 6.22. The van der Waals surface area contributed by atoms with Gasteiger partial charge in [-0.25, -0.2) is 4.98 Å². The molecule has 1 amide bonds. The minimum absolute atomic E-state index is 0.117. The first-order valence-electron chi connectivity index (χ1n) is 3.55. The summed E-state index contributed by atoms with van der Waals surface area (Å²) in [7, 11) is 0. The summed E-state index contributed by atoms with van der Waals surface area (Å²) < 4.78 is 0. The zero-order valence-corrected chi connectivity index (χ0v) is 8.97. The Hall–Kier alpha value is -0.680. The summed E-state index contributed by atoms with van der Waals surface area (Å²) in [6.45, 7) is 0. The third-order valence-corrected chi connectivity index (χ3v) is 1.77. The summed E-state index contributed by atoms with van der Waals surface area (Å²) >= 11 is 8.73. The van der Waals surface area contributed by atoms with Crippen molar-refractivity contribution in [3.63, 3.8) is 0 Å². The predicted molar refractivity (Wildman–Crippen MR) is 54.1 cm³/mol. The van der Waals surface area contributed by atoms with Crippen LogP contribution in [0.2, 0.25) is 5.15 Å². The second-order valence-corrected chi connectivity index (χ2v) is 3.39. The largest absolute Gasteiger partial charge is 0.309 e. The fourth-order valence-electron chi connectivity index (χ4n) is 0.694. The molecule has 0 radical (unpaired) electrons. The van der Waals surface area contributed by atoms with Crippen molar-refractivity contribution < 1.29 is 4.79 Å². The molecule has 0 atom stereocenters. The monoisotopic (exact) mass is 263 g/mol. The zero-order chi connectivity index (χ0) is 9.68. The highest BCUT2D eigenvalue weighted by Gasteiger charge is 2.02. The molecule has 0 saturated carbocycles. The molecule has 1 aromatic heterocycles. The summed E-state index contributed by atoms with van der Waals surface area (Å²) in [5.74, 6) is 0.256. The molecule has 0 aromatic carbocycles. The third-order valence-electron chi connectivity index (χ3n) is 1.19. The minimum Gasteiger partial charge on any atom is -0.309 e. The number of nitrogens with one attached hydrogen (secondary N) is 1. The van der Waals surface area contributed by atoms with E-state index >= 15 is 0 Å². The van der Waals surface area contributed by atoms with Gasteiger partial charge in [0, 0.05) is 11.8 Å². The molecule has 0 aliphatic rings. The van der Waals surface area contributed by atoms with Crippen LogP contribution in [0.15, 0.2) is 12.4 Å². The molecule has 0 bridgehead atoms. The average Bonchev–Trinajstić information content (AvgIpc) is 2.04. The van der Waals surface area contributed by atoms with Crippen molar-refractivity contribution >= 4 is 39.3 Å². The lowest BCUT2D eigenvalue weighted by molar-refractivity contribution is -0.115. The van der Waals surface area contributed by atoms with Gasteiger partial charge in [-0.2, -0.15) is 0 Å². The SMILES string of the molecule is O=C(CCBr)Nc1cncc(Cl)n1. The van der Waals surface area contributed by atoms with Crippen molar-refractivity contribution in [2.24, 2.45) is 0 Å². The Morgan fingerprint density at radius 1 is 1.62 bits per heavy atom. The van der Waals surface area contributed by atoms with Gasteiger partial charge in [-0.1, -0.05) is 27.5 Å². The molecule has 1 aromatic rings. The van der Waals surface area contributed by atoms with E-state index in [1.54, 1.807) is 0 Å². The van der Waals surface area contributed by atoms with Crippen LogP contribution in [-0.4, -0.2) is 21.2 Å². The molecular formula is C7H7BrClN3O. The molecule has 70 valence electrons. The number of halogens is 2. The Bertz CT molecular complexity index is 308. The van der Waals surface area contributed by atoms with Gasteiger partial charge in [-0.05, 0) is 0 Å². The molecule has 1 rings (SSSR count). The summed E-state index contributed by atoms with van der Waals surface area (Å²) in [6, 6.07) is 0. The summed E-state index contributed by atoms with van der Waals surface area (Å²) in [4.78, 5) is 18.7. The van der Waals surface area contributed by atoms with Crippen LogP contribution in [0, 0.1) is 0 Å². The standard InChI is InChI=1S/C7H7BrClN3O/c8-2-1-7(13)12-6-4-10-3-5(9)11-6/h3-4H,1-2H2,(H,11,12,13). The number of anilines is 1. The fourth-order valence-corrected chi connectivity index (χ4v) is 1.20. The lowest BCUT2D eigenvalue weighted by Crippen LogP contribution is -2.12. The van der Waals surface area contributed by atoms with Gasteiger partial charge in [0.15, 0.2) is 5.82 Å².